The molecule has 2 aromatic rings. The van der Waals surface area contributed by atoms with E-state index in [1.807, 2.05) is 24.3 Å². The Morgan fingerprint density at radius 1 is 1.09 bits per heavy atom. The van der Waals surface area contributed by atoms with Gasteiger partial charge in [0.25, 0.3) is 0 Å². The van der Waals surface area contributed by atoms with Gasteiger partial charge >= 0.3 is 0 Å². The summed E-state index contributed by atoms with van der Waals surface area (Å²) in [6.45, 7) is 7.13. The van der Waals surface area contributed by atoms with Crippen LogP contribution in [0.2, 0.25) is 0 Å². The molecule has 0 bridgehead atoms. The molecule has 0 aliphatic carbocycles. The molecule has 0 spiro atoms. The summed E-state index contributed by atoms with van der Waals surface area (Å²) >= 11 is 0. The zero-order chi connectivity index (χ0) is 25.3. The van der Waals surface area contributed by atoms with Crippen molar-refractivity contribution >= 4 is 22.4 Å². The van der Waals surface area contributed by atoms with Crippen molar-refractivity contribution < 1.29 is 13.7 Å². The number of carbonyl (C=O) groups excluding carboxylic acids is 1. The second-order valence-corrected chi connectivity index (χ2v) is 11.1. The first-order valence-corrected chi connectivity index (χ1v) is 14.3. The predicted octanol–water partition coefficient (Wildman–Crippen LogP) is 6.80. The Kier molecular flexibility index (Phi) is 9.92. The van der Waals surface area contributed by atoms with Crippen LogP contribution in [0.1, 0.15) is 94.1 Å². The van der Waals surface area contributed by atoms with Gasteiger partial charge in [-0.05, 0) is 73.6 Å². The number of rotatable bonds is 9. The third-order valence-corrected chi connectivity index (χ3v) is 8.68. The zero-order valence-electron chi connectivity index (χ0n) is 21.3. The maximum absolute atomic E-state index is 12.3. The maximum Gasteiger partial charge on any atom is 0.235 e. The van der Waals surface area contributed by atoms with Crippen LogP contribution in [-0.4, -0.2) is 22.5 Å². The average Bonchev–Trinajstić information content (AvgIpc) is 3.41. The van der Waals surface area contributed by atoms with Gasteiger partial charge in [0.05, 0.1) is 28.9 Å². The van der Waals surface area contributed by atoms with E-state index in [1.54, 1.807) is 6.07 Å². The van der Waals surface area contributed by atoms with Crippen molar-refractivity contribution in [3.63, 3.8) is 0 Å². The molecule has 1 N–H and O–H groups in total. The molecule has 0 aromatic heterocycles. The number of anilines is 1. The highest BCUT2D eigenvalue weighted by Crippen LogP contribution is 2.44. The number of benzene rings is 2. The van der Waals surface area contributed by atoms with Crippen molar-refractivity contribution in [1.82, 2.24) is 0 Å². The van der Waals surface area contributed by atoms with Gasteiger partial charge in [0.15, 0.2) is 0 Å². The molecule has 2 aromatic carbocycles. The van der Waals surface area contributed by atoms with E-state index in [-0.39, 0.29) is 11.2 Å². The number of nitriles is 1. The molecule has 4 rings (SSSR count). The second-order valence-electron chi connectivity index (χ2n) is 9.40. The Bertz CT molecular complexity index is 1050. The highest BCUT2D eigenvalue weighted by atomic mass is 32.2. The molecule has 2 aliphatic rings. The van der Waals surface area contributed by atoms with Gasteiger partial charge in [-0.25, -0.2) is 0 Å². The van der Waals surface area contributed by atoms with Gasteiger partial charge in [-0.1, -0.05) is 52.2 Å². The summed E-state index contributed by atoms with van der Waals surface area (Å²) in [5.74, 6) is 1.88. The Hall–Kier alpha value is -2.65. The number of nitrogens with zero attached hydrogens (tertiary/aromatic N) is 1. The number of hydrogen-bond donors (Lipinski definition) is 1. The van der Waals surface area contributed by atoms with Crippen LogP contribution < -0.4 is 10.1 Å². The van der Waals surface area contributed by atoms with Crippen LogP contribution in [0.5, 0.6) is 5.75 Å². The Balaban J connectivity index is 0.000000196. The standard InChI is InChI=1S/C15H18N2O.C14H20O2S/c1-3-7-15(8-4-2)12-9-11(10-16)5-6-13(12)17-14(15)18;1-2-3-10-16-13-8-6-12(7-9-13)14-5-4-11-17(14)15/h5-6,9H,3-4,7-8H2,1-2H3,(H,17,18);6-9,14H,2-5,10-11H2,1H3. The molecule has 2 heterocycles. The average molecular weight is 495 g/mol. The first-order chi connectivity index (χ1) is 17.0. The molecule has 0 radical (unpaired) electrons. The Labute approximate surface area is 212 Å². The van der Waals surface area contributed by atoms with E-state index in [4.69, 9.17) is 10.00 Å². The highest BCUT2D eigenvalue weighted by molar-refractivity contribution is 7.85. The SMILES string of the molecule is CCCC1(CCC)C(=O)Nc2ccc(C#N)cc21.CCCCOc1ccc(C2CCCS2=O)cc1. The maximum atomic E-state index is 12.3. The van der Waals surface area contributed by atoms with Crippen LogP contribution in [0.3, 0.4) is 0 Å². The number of fused-ring (bicyclic) bond motifs is 1. The fourth-order valence-electron chi connectivity index (χ4n) is 5.07. The summed E-state index contributed by atoms with van der Waals surface area (Å²) in [6.07, 6.45) is 8.00. The number of ether oxygens (including phenoxy) is 1. The monoisotopic (exact) mass is 494 g/mol. The molecular formula is C29H38N2O3S. The summed E-state index contributed by atoms with van der Waals surface area (Å²) in [4.78, 5) is 12.3. The lowest BCUT2D eigenvalue weighted by Gasteiger charge is -2.26. The van der Waals surface area contributed by atoms with E-state index in [1.165, 1.54) is 5.56 Å². The quantitative estimate of drug-likeness (QED) is 0.389. The lowest BCUT2D eigenvalue weighted by molar-refractivity contribution is -0.121. The van der Waals surface area contributed by atoms with Gasteiger partial charge in [-0.3, -0.25) is 9.00 Å². The molecule has 2 aliphatic heterocycles. The number of hydrogen-bond acceptors (Lipinski definition) is 4. The van der Waals surface area contributed by atoms with E-state index < -0.39 is 16.2 Å². The normalized spacial score (nSPS) is 19.8. The van der Waals surface area contributed by atoms with E-state index in [0.717, 1.165) is 80.7 Å². The van der Waals surface area contributed by atoms with Crippen LogP contribution in [0, 0.1) is 11.3 Å². The van der Waals surface area contributed by atoms with Gasteiger partial charge in [0.1, 0.15) is 5.75 Å². The van der Waals surface area contributed by atoms with E-state index in [9.17, 15) is 9.00 Å². The first kappa shape index (κ1) is 26.9. The molecule has 0 saturated carbocycles. The first-order valence-electron chi connectivity index (χ1n) is 12.9. The lowest BCUT2D eigenvalue weighted by Crippen LogP contribution is -2.34. The third-order valence-electron chi connectivity index (χ3n) is 6.85. The van der Waals surface area contributed by atoms with Gasteiger partial charge in [-0.15, -0.1) is 0 Å². The van der Waals surface area contributed by atoms with Crippen molar-refractivity contribution in [2.45, 2.75) is 82.8 Å². The molecular weight excluding hydrogens is 456 g/mol. The predicted molar refractivity (Wildman–Crippen MR) is 143 cm³/mol. The number of carbonyl (C=O) groups is 1. The number of nitrogens with one attached hydrogen (secondary N) is 1. The fourth-order valence-corrected chi connectivity index (χ4v) is 6.70. The minimum Gasteiger partial charge on any atom is -0.494 e. The molecule has 1 fully saturated rings. The van der Waals surface area contributed by atoms with Gasteiger partial charge < -0.3 is 10.1 Å². The van der Waals surface area contributed by atoms with Crippen LogP contribution >= 0.6 is 0 Å². The zero-order valence-corrected chi connectivity index (χ0v) is 22.1. The number of amides is 1. The summed E-state index contributed by atoms with van der Waals surface area (Å²) in [5, 5.41) is 12.2. The molecule has 1 amide bonds. The van der Waals surface area contributed by atoms with Crippen molar-refractivity contribution in [2.75, 3.05) is 17.7 Å². The van der Waals surface area contributed by atoms with Gasteiger partial charge in [0.2, 0.25) is 5.91 Å². The van der Waals surface area contributed by atoms with Crippen molar-refractivity contribution in [1.29, 1.82) is 5.26 Å². The molecule has 1 saturated heterocycles. The van der Waals surface area contributed by atoms with Crippen molar-refractivity contribution in [2.24, 2.45) is 0 Å². The minimum absolute atomic E-state index is 0.0938. The summed E-state index contributed by atoms with van der Waals surface area (Å²) in [6, 6.07) is 15.8. The molecule has 6 heteroatoms. The topological polar surface area (TPSA) is 79.2 Å². The lowest BCUT2D eigenvalue weighted by atomic mass is 9.74. The smallest absolute Gasteiger partial charge is 0.235 e. The Morgan fingerprint density at radius 3 is 2.37 bits per heavy atom. The van der Waals surface area contributed by atoms with Gasteiger partial charge in [0, 0.05) is 22.2 Å². The number of unbranched alkanes of at least 4 members (excludes halogenated alkanes) is 1. The van der Waals surface area contributed by atoms with E-state index in [2.05, 4.69) is 44.3 Å². The summed E-state index contributed by atoms with van der Waals surface area (Å²) in [5.41, 5.74) is 3.28. The van der Waals surface area contributed by atoms with E-state index >= 15 is 0 Å². The van der Waals surface area contributed by atoms with Gasteiger partial charge in [-0.2, -0.15) is 5.26 Å². The van der Waals surface area contributed by atoms with Crippen LogP contribution in [0.15, 0.2) is 42.5 Å². The minimum atomic E-state index is -0.666. The van der Waals surface area contributed by atoms with E-state index in [0.29, 0.717) is 5.56 Å². The molecule has 188 valence electrons. The molecule has 2 unspecified atom stereocenters. The molecule has 2 atom stereocenters. The second kappa shape index (κ2) is 12.9. The molecule has 35 heavy (non-hydrogen) atoms. The third kappa shape index (κ3) is 6.32. The summed E-state index contributed by atoms with van der Waals surface area (Å²) < 4.78 is 17.4. The van der Waals surface area contributed by atoms with Crippen LogP contribution in [-0.2, 0) is 21.0 Å². The van der Waals surface area contributed by atoms with Crippen molar-refractivity contribution in [3.8, 4) is 11.8 Å². The summed E-state index contributed by atoms with van der Waals surface area (Å²) in [7, 11) is -0.666. The van der Waals surface area contributed by atoms with Crippen molar-refractivity contribution in [3.05, 3.63) is 59.2 Å². The van der Waals surface area contributed by atoms with Crippen LogP contribution in [0.4, 0.5) is 5.69 Å². The molecule has 5 nitrogen and oxygen atoms in total. The largest absolute Gasteiger partial charge is 0.494 e. The van der Waals surface area contributed by atoms with Crippen LogP contribution in [0.25, 0.3) is 0 Å². The Morgan fingerprint density at radius 2 is 1.80 bits per heavy atom. The fraction of sp³-hybridized carbons (Fsp3) is 0.517. The highest BCUT2D eigenvalue weighted by Gasteiger charge is 2.45.